The number of carbonyl (C=O) groups is 3. The Morgan fingerprint density at radius 2 is 1.71 bits per heavy atom. The van der Waals surface area contributed by atoms with E-state index < -0.39 is 5.97 Å². The smallest absolute Gasteiger partial charge is 0.306 e. The summed E-state index contributed by atoms with van der Waals surface area (Å²) in [7, 11) is 0. The Hall–Kier alpha value is -2.37. The molecule has 0 bridgehead atoms. The summed E-state index contributed by atoms with van der Waals surface area (Å²) < 4.78 is 0. The summed E-state index contributed by atoms with van der Waals surface area (Å²) in [6, 6.07) is 7.71. The molecule has 2 aliphatic rings. The molecule has 128 valence electrons. The Morgan fingerprint density at radius 1 is 1.08 bits per heavy atom. The second kappa shape index (κ2) is 6.63. The van der Waals surface area contributed by atoms with E-state index in [0.29, 0.717) is 32.5 Å². The van der Waals surface area contributed by atoms with Crippen LogP contribution in [0.3, 0.4) is 0 Å². The third kappa shape index (κ3) is 3.27. The molecule has 0 saturated carbocycles. The van der Waals surface area contributed by atoms with Crippen molar-refractivity contribution in [1.29, 1.82) is 0 Å². The highest BCUT2D eigenvalue weighted by molar-refractivity contribution is 6.00. The maximum Gasteiger partial charge on any atom is 0.306 e. The molecule has 0 spiro atoms. The number of aliphatic carboxylic acids is 1. The van der Waals surface area contributed by atoms with Crippen LogP contribution in [0.25, 0.3) is 0 Å². The summed E-state index contributed by atoms with van der Waals surface area (Å²) >= 11 is 0. The van der Waals surface area contributed by atoms with Gasteiger partial charge >= 0.3 is 5.97 Å². The number of carboxylic acids is 1. The molecule has 2 aliphatic heterocycles. The molecule has 6 nitrogen and oxygen atoms in total. The van der Waals surface area contributed by atoms with Crippen LogP contribution < -0.4 is 4.90 Å². The number of carboxylic acid groups (broad SMARTS) is 1. The number of rotatable bonds is 3. The Kier molecular flexibility index (Phi) is 4.55. The lowest BCUT2D eigenvalue weighted by molar-refractivity contribution is -0.146. The van der Waals surface area contributed by atoms with E-state index in [9.17, 15) is 14.4 Å². The minimum absolute atomic E-state index is 0.0261. The van der Waals surface area contributed by atoms with Gasteiger partial charge in [-0.25, -0.2) is 0 Å². The lowest BCUT2D eigenvalue weighted by Gasteiger charge is -2.31. The van der Waals surface area contributed by atoms with Crippen LogP contribution in [0.2, 0.25) is 0 Å². The van der Waals surface area contributed by atoms with Gasteiger partial charge in [-0.2, -0.15) is 0 Å². The van der Waals surface area contributed by atoms with Crippen molar-refractivity contribution in [2.75, 3.05) is 24.5 Å². The maximum atomic E-state index is 12.7. The van der Waals surface area contributed by atoms with Crippen molar-refractivity contribution in [3.8, 4) is 0 Å². The number of amides is 2. The predicted molar refractivity (Wildman–Crippen MR) is 88.6 cm³/mol. The van der Waals surface area contributed by atoms with Crippen molar-refractivity contribution < 1.29 is 19.5 Å². The van der Waals surface area contributed by atoms with E-state index >= 15 is 0 Å². The predicted octanol–water partition coefficient (Wildman–Crippen LogP) is 1.67. The van der Waals surface area contributed by atoms with E-state index in [4.69, 9.17) is 5.11 Å². The molecule has 2 fully saturated rings. The van der Waals surface area contributed by atoms with Crippen molar-refractivity contribution >= 4 is 23.5 Å². The molecule has 6 heteroatoms. The highest BCUT2D eigenvalue weighted by Gasteiger charge is 2.38. The van der Waals surface area contributed by atoms with Crippen molar-refractivity contribution in [2.24, 2.45) is 11.8 Å². The molecule has 1 atom stereocenters. The van der Waals surface area contributed by atoms with Crippen LogP contribution in [0, 0.1) is 18.8 Å². The van der Waals surface area contributed by atoms with Gasteiger partial charge in [-0.15, -0.1) is 0 Å². The number of carbonyl (C=O) groups excluding carboxylic acids is 2. The zero-order valence-electron chi connectivity index (χ0n) is 13.8. The number of hydrogen-bond acceptors (Lipinski definition) is 3. The van der Waals surface area contributed by atoms with Gasteiger partial charge in [0.05, 0.1) is 11.8 Å². The number of likely N-dealkylation sites (tertiary alicyclic amines) is 1. The summed E-state index contributed by atoms with van der Waals surface area (Å²) in [4.78, 5) is 39.3. The molecular weight excluding hydrogens is 308 g/mol. The van der Waals surface area contributed by atoms with Crippen LogP contribution in [0.15, 0.2) is 24.3 Å². The number of anilines is 1. The fraction of sp³-hybridized carbons (Fsp3) is 0.500. The number of hydrogen-bond donors (Lipinski definition) is 1. The average Bonchev–Trinajstić information content (AvgIpc) is 2.97. The van der Waals surface area contributed by atoms with E-state index in [0.717, 1.165) is 11.3 Å². The first kappa shape index (κ1) is 16.5. The normalized spacial score (nSPS) is 22.0. The summed E-state index contributed by atoms with van der Waals surface area (Å²) in [5.41, 5.74) is 1.95. The zero-order valence-corrected chi connectivity index (χ0v) is 13.8. The van der Waals surface area contributed by atoms with Crippen molar-refractivity contribution in [2.45, 2.75) is 26.2 Å². The lowest BCUT2D eigenvalue weighted by atomic mass is 9.95. The third-order valence-electron chi connectivity index (χ3n) is 4.98. The molecule has 2 heterocycles. The lowest BCUT2D eigenvalue weighted by Crippen LogP contribution is -2.43. The molecule has 2 saturated heterocycles. The highest BCUT2D eigenvalue weighted by Crippen LogP contribution is 2.28. The van der Waals surface area contributed by atoms with Gasteiger partial charge in [0, 0.05) is 31.7 Å². The molecule has 2 amide bonds. The Labute approximate surface area is 141 Å². The van der Waals surface area contributed by atoms with Gasteiger partial charge in [0.25, 0.3) is 0 Å². The Morgan fingerprint density at radius 3 is 2.29 bits per heavy atom. The summed E-state index contributed by atoms with van der Waals surface area (Å²) in [5, 5.41) is 9.03. The summed E-state index contributed by atoms with van der Waals surface area (Å²) in [5.74, 6) is -1.54. The largest absolute Gasteiger partial charge is 0.481 e. The van der Waals surface area contributed by atoms with Crippen molar-refractivity contribution in [1.82, 2.24) is 4.90 Å². The van der Waals surface area contributed by atoms with Gasteiger partial charge in [0.1, 0.15) is 0 Å². The number of nitrogens with zero attached hydrogens (tertiary/aromatic N) is 2. The fourth-order valence-corrected chi connectivity index (χ4v) is 3.45. The van der Waals surface area contributed by atoms with Crippen LogP contribution in [0.4, 0.5) is 5.69 Å². The number of aryl methyl sites for hydroxylation is 1. The van der Waals surface area contributed by atoms with Crippen LogP contribution in [0.1, 0.15) is 24.8 Å². The van der Waals surface area contributed by atoms with E-state index in [2.05, 4.69) is 0 Å². The average molecular weight is 330 g/mol. The topological polar surface area (TPSA) is 77.9 Å². The van der Waals surface area contributed by atoms with Crippen LogP contribution >= 0.6 is 0 Å². The zero-order chi connectivity index (χ0) is 17.3. The van der Waals surface area contributed by atoms with Gasteiger partial charge in [-0.3, -0.25) is 14.4 Å². The Bertz CT molecular complexity index is 647. The SMILES string of the molecule is Cc1ccc(N2C[C@H](C(=O)N3CCC(C(=O)O)CC3)CC2=O)cc1. The van der Waals surface area contributed by atoms with Crippen LogP contribution in [-0.2, 0) is 14.4 Å². The van der Waals surface area contributed by atoms with Gasteiger partial charge in [-0.1, -0.05) is 17.7 Å². The van der Waals surface area contributed by atoms with Crippen LogP contribution in [-0.4, -0.2) is 47.4 Å². The quantitative estimate of drug-likeness (QED) is 0.914. The van der Waals surface area contributed by atoms with E-state index in [1.165, 1.54) is 0 Å². The molecule has 24 heavy (non-hydrogen) atoms. The third-order valence-corrected chi connectivity index (χ3v) is 4.98. The molecule has 1 aromatic rings. The maximum absolute atomic E-state index is 12.7. The van der Waals surface area contributed by atoms with Crippen molar-refractivity contribution in [3.05, 3.63) is 29.8 Å². The van der Waals surface area contributed by atoms with Gasteiger partial charge in [-0.05, 0) is 31.9 Å². The molecule has 0 aromatic heterocycles. The monoisotopic (exact) mass is 330 g/mol. The van der Waals surface area contributed by atoms with E-state index in [1.807, 2.05) is 31.2 Å². The van der Waals surface area contributed by atoms with Gasteiger partial charge in [0.15, 0.2) is 0 Å². The first-order valence-corrected chi connectivity index (χ1v) is 8.34. The molecule has 1 aromatic carbocycles. The molecule has 0 unspecified atom stereocenters. The first-order chi connectivity index (χ1) is 11.5. The molecule has 3 rings (SSSR count). The highest BCUT2D eigenvalue weighted by atomic mass is 16.4. The van der Waals surface area contributed by atoms with Crippen molar-refractivity contribution in [3.63, 3.8) is 0 Å². The minimum Gasteiger partial charge on any atom is -0.481 e. The summed E-state index contributed by atoms with van der Waals surface area (Å²) in [6.45, 7) is 3.32. The number of benzene rings is 1. The standard InChI is InChI=1S/C18H22N2O4/c1-12-2-4-15(5-3-12)20-11-14(10-16(20)21)17(22)19-8-6-13(7-9-19)18(23)24/h2-5,13-14H,6-11H2,1H3,(H,23,24)/t14-/m1/s1. The Balaban J connectivity index is 1.62. The first-order valence-electron chi connectivity index (χ1n) is 8.34. The molecule has 0 radical (unpaired) electrons. The number of piperidine rings is 1. The summed E-state index contributed by atoms with van der Waals surface area (Å²) in [6.07, 6.45) is 1.21. The minimum atomic E-state index is -0.788. The molecule has 1 N–H and O–H groups in total. The van der Waals surface area contributed by atoms with Gasteiger partial charge in [0.2, 0.25) is 11.8 Å². The van der Waals surface area contributed by atoms with E-state index in [1.54, 1.807) is 9.80 Å². The fourth-order valence-electron chi connectivity index (χ4n) is 3.45. The van der Waals surface area contributed by atoms with Gasteiger partial charge < -0.3 is 14.9 Å². The second-order valence-corrected chi connectivity index (χ2v) is 6.68. The van der Waals surface area contributed by atoms with E-state index in [-0.39, 0.29) is 30.1 Å². The van der Waals surface area contributed by atoms with Crippen LogP contribution in [0.5, 0.6) is 0 Å². The molecule has 0 aliphatic carbocycles. The molecular formula is C18H22N2O4. The second-order valence-electron chi connectivity index (χ2n) is 6.68.